The molecule has 1 atom stereocenters. The van der Waals surface area contributed by atoms with Gasteiger partial charge in [-0.3, -0.25) is 4.79 Å². The molecule has 0 saturated heterocycles. The van der Waals surface area contributed by atoms with Crippen molar-refractivity contribution in [3.05, 3.63) is 35.9 Å². The Balaban J connectivity index is 2.60. The number of carboxylic acids is 1. The van der Waals surface area contributed by atoms with Crippen LogP contribution in [0.4, 0.5) is 0 Å². The molecule has 0 aliphatic rings. The number of benzene rings is 1. The molecule has 106 valence electrons. The first-order valence-electron chi connectivity index (χ1n) is 6.44. The van der Waals surface area contributed by atoms with E-state index < -0.39 is 21.7 Å². The number of rotatable bonds is 8. The van der Waals surface area contributed by atoms with E-state index in [2.05, 4.69) is 0 Å². The predicted molar refractivity (Wildman–Crippen MR) is 75.0 cm³/mol. The summed E-state index contributed by atoms with van der Waals surface area (Å²) in [6, 6.07) is 8.94. The van der Waals surface area contributed by atoms with E-state index in [4.69, 9.17) is 0 Å². The van der Waals surface area contributed by atoms with Gasteiger partial charge >= 0.3 is 5.97 Å². The molecular formula is C14H20O4S. The minimum atomic E-state index is -3.03. The maximum Gasteiger partial charge on any atom is 0.310 e. The van der Waals surface area contributed by atoms with Crippen molar-refractivity contribution >= 4 is 15.8 Å². The Labute approximate surface area is 114 Å². The van der Waals surface area contributed by atoms with Crippen molar-refractivity contribution in [1.29, 1.82) is 0 Å². The molecule has 0 aromatic heterocycles. The second-order valence-electron chi connectivity index (χ2n) is 4.60. The van der Waals surface area contributed by atoms with Crippen LogP contribution in [0.1, 0.15) is 37.7 Å². The van der Waals surface area contributed by atoms with Gasteiger partial charge < -0.3 is 5.11 Å². The van der Waals surface area contributed by atoms with Crippen molar-refractivity contribution in [3.8, 4) is 0 Å². The molecule has 1 rings (SSSR count). The van der Waals surface area contributed by atoms with Gasteiger partial charge in [-0.2, -0.15) is 0 Å². The summed E-state index contributed by atoms with van der Waals surface area (Å²) in [5, 5.41) is 9.21. The second-order valence-corrected chi connectivity index (χ2v) is 6.90. The molecular weight excluding hydrogens is 264 g/mol. The average Bonchev–Trinajstić information content (AvgIpc) is 2.35. The topological polar surface area (TPSA) is 71.4 Å². The van der Waals surface area contributed by atoms with Gasteiger partial charge in [0.05, 0.1) is 11.7 Å². The van der Waals surface area contributed by atoms with Gasteiger partial charge in [0, 0.05) is 5.75 Å². The Morgan fingerprint density at radius 2 is 1.84 bits per heavy atom. The second kappa shape index (κ2) is 7.28. The zero-order valence-electron chi connectivity index (χ0n) is 11.1. The number of aliphatic carboxylic acids is 1. The van der Waals surface area contributed by atoms with Gasteiger partial charge in [0.25, 0.3) is 0 Å². The maximum absolute atomic E-state index is 11.6. The highest BCUT2D eigenvalue weighted by Gasteiger charge is 2.20. The first-order valence-corrected chi connectivity index (χ1v) is 8.26. The zero-order chi connectivity index (χ0) is 14.3. The molecule has 0 bridgehead atoms. The monoisotopic (exact) mass is 284 g/mol. The number of hydrogen-bond donors (Lipinski definition) is 1. The van der Waals surface area contributed by atoms with Crippen LogP contribution in [-0.2, 0) is 14.6 Å². The standard InChI is InChI=1S/C14H20O4S/c1-2-10-19(17,18)11-6-9-13(14(15)16)12-7-4-3-5-8-12/h3-5,7-8,13H,2,6,9-11H2,1H3,(H,15,16). The van der Waals surface area contributed by atoms with Crippen molar-refractivity contribution in [2.24, 2.45) is 0 Å². The maximum atomic E-state index is 11.6. The summed E-state index contributed by atoms with van der Waals surface area (Å²) in [5.41, 5.74) is 0.725. The molecule has 5 heteroatoms. The number of sulfone groups is 1. The van der Waals surface area contributed by atoms with E-state index in [1.807, 2.05) is 13.0 Å². The molecule has 0 aliphatic carbocycles. The molecule has 0 amide bonds. The molecule has 0 saturated carbocycles. The molecule has 0 radical (unpaired) electrons. The van der Waals surface area contributed by atoms with Crippen LogP contribution in [0, 0.1) is 0 Å². The fraction of sp³-hybridized carbons (Fsp3) is 0.500. The minimum Gasteiger partial charge on any atom is -0.481 e. The molecule has 1 N–H and O–H groups in total. The Bertz CT molecular complexity index is 493. The summed E-state index contributed by atoms with van der Waals surface area (Å²) in [6.45, 7) is 1.82. The first kappa shape index (κ1) is 15.7. The van der Waals surface area contributed by atoms with Gasteiger partial charge in [-0.1, -0.05) is 37.3 Å². The zero-order valence-corrected chi connectivity index (χ0v) is 11.9. The van der Waals surface area contributed by atoms with Crippen molar-refractivity contribution < 1.29 is 18.3 Å². The largest absolute Gasteiger partial charge is 0.481 e. The Morgan fingerprint density at radius 3 is 2.37 bits per heavy atom. The van der Waals surface area contributed by atoms with E-state index in [1.165, 1.54) is 0 Å². The minimum absolute atomic E-state index is 0.0669. The lowest BCUT2D eigenvalue weighted by Gasteiger charge is -2.12. The van der Waals surface area contributed by atoms with Crippen molar-refractivity contribution in [1.82, 2.24) is 0 Å². The lowest BCUT2D eigenvalue weighted by atomic mass is 9.95. The SMILES string of the molecule is CCCS(=O)(=O)CCCC(C(=O)O)c1ccccc1. The summed E-state index contributed by atoms with van der Waals surface area (Å²) in [4.78, 5) is 11.2. The van der Waals surface area contributed by atoms with Crippen LogP contribution < -0.4 is 0 Å². The van der Waals surface area contributed by atoms with Crippen LogP contribution >= 0.6 is 0 Å². The third kappa shape index (κ3) is 5.42. The van der Waals surface area contributed by atoms with Crippen molar-refractivity contribution in [3.63, 3.8) is 0 Å². The summed E-state index contributed by atoms with van der Waals surface area (Å²) in [5.74, 6) is -1.29. The number of carbonyl (C=O) groups is 1. The summed E-state index contributed by atoms with van der Waals surface area (Å²) in [6.07, 6.45) is 1.33. The van der Waals surface area contributed by atoms with Gasteiger partial charge in [-0.15, -0.1) is 0 Å². The average molecular weight is 284 g/mol. The van der Waals surface area contributed by atoms with E-state index in [9.17, 15) is 18.3 Å². The molecule has 0 aliphatic heterocycles. The summed E-state index contributed by atoms with van der Waals surface area (Å²) >= 11 is 0. The third-order valence-corrected chi connectivity index (χ3v) is 4.90. The molecule has 0 spiro atoms. The van der Waals surface area contributed by atoms with Crippen LogP contribution in [0.25, 0.3) is 0 Å². The molecule has 0 heterocycles. The molecule has 1 aromatic rings. The molecule has 1 unspecified atom stereocenters. The summed E-state index contributed by atoms with van der Waals surface area (Å²) in [7, 11) is -3.03. The van der Waals surface area contributed by atoms with Gasteiger partial charge in [0.15, 0.2) is 0 Å². The van der Waals surface area contributed by atoms with E-state index in [0.717, 1.165) is 5.56 Å². The highest BCUT2D eigenvalue weighted by atomic mass is 32.2. The van der Waals surface area contributed by atoms with Gasteiger partial charge in [-0.05, 0) is 24.8 Å². The molecule has 0 fully saturated rings. The van der Waals surface area contributed by atoms with Gasteiger partial charge in [-0.25, -0.2) is 8.42 Å². The van der Waals surface area contributed by atoms with Crippen LogP contribution in [0.15, 0.2) is 30.3 Å². The first-order chi connectivity index (χ1) is 8.96. The normalized spacial score (nSPS) is 13.1. The van der Waals surface area contributed by atoms with Crippen molar-refractivity contribution in [2.45, 2.75) is 32.1 Å². The third-order valence-electron chi connectivity index (χ3n) is 2.96. The van der Waals surface area contributed by atoms with E-state index in [0.29, 0.717) is 19.3 Å². The Morgan fingerprint density at radius 1 is 1.21 bits per heavy atom. The smallest absolute Gasteiger partial charge is 0.310 e. The Kier molecular flexibility index (Phi) is 6.02. The fourth-order valence-electron chi connectivity index (χ4n) is 2.04. The predicted octanol–water partition coefficient (Wildman–Crippen LogP) is 2.46. The van der Waals surface area contributed by atoms with Gasteiger partial charge in [0.2, 0.25) is 0 Å². The van der Waals surface area contributed by atoms with Crippen LogP contribution in [0.2, 0.25) is 0 Å². The highest BCUT2D eigenvalue weighted by Crippen LogP contribution is 2.21. The molecule has 1 aromatic carbocycles. The molecule has 4 nitrogen and oxygen atoms in total. The Hall–Kier alpha value is -1.36. The van der Waals surface area contributed by atoms with Crippen LogP contribution in [0.5, 0.6) is 0 Å². The van der Waals surface area contributed by atoms with Crippen LogP contribution in [-0.4, -0.2) is 31.0 Å². The van der Waals surface area contributed by atoms with Crippen molar-refractivity contribution in [2.75, 3.05) is 11.5 Å². The molecule has 19 heavy (non-hydrogen) atoms. The van der Waals surface area contributed by atoms with Gasteiger partial charge in [0.1, 0.15) is 9.84 Å². The lowest BCUT2D eigenvalue weighted by Crippen LogP contribution is -2.15. The lowest BCUT2D eigenvalue weighted by molar-refractivity contribution is -0.139. The highest BCUT2D eigenvalue weighted by molar-refractivity contribution is 7.91. The van der Waals surface area contributed by atoms with Crippen LogP contribution in [0.3, 0.4) is 0 Å². The summed E-state index contributed by atoms with van der Waals surface area (Å²) < 4.78 is 23.1. The number of hydrogen-bond acceptors (Lipinski definition) is 3. The van der Waals surface area contributed by atoms with E-state index in [1.54, 1.807) is 24.3 Å². The fourth-order valence-corrected chi connectivity index (χ4v) is 3.47. The van der Waals surface area contributed by atoms with E-state index >= 15 is 0 Å². The quantitative estimate of drug-likeness (QED) is 0.796. The number of carboxylic acid groups (broad SMARTS) is 1. The van der Waals surface area contributed by atoms with E-state index in [-0.39, 0.29) is 11.5 Å².